The highest BCUT2D eigenvalue weighted by atomic mass is 32.2. The summed E-state index contributed by atoms with van der Waals surface area (Å²) in [4.78, 5) is 16.3. The number of piperazine rings is 1. The first-order chi connectivity index (χ1) is 9.69. The summed E-state index contributed by atoms with van der Waals surface area (Å²) in [6.07, 6.45) is 0. The van der Waals surface area contributed by atoms with Crippen LogP contribution in [0.3, 0.4) is 0 Å². The summed E-state index contributed by atoms with van der Waals surface area (Å²) in [7, 11) is 3.76. The number of nitrogens with zero attached hydrogens (tertiary/aromatic N) is 2. The zero-order valence-corrected chi connectivity index (χ0v) is 13.0. The van der Waals surface area contributed by atoms with Gasteiger partial charge in [0.2, 0.25) is 5.91 Å². The highest BCUT2D eigenvalue weighted by Crippen LogP contribution is 2.17. The van der Waals surface area contributed by atoms with Crippen LogP contribution in [0.5, 0.6) is 5.75 Å². The number of amides is 1. The number of hydrogen-bond donors (Lipinski definition) is 0. The van der Waals surface area contributed by atoms with E-state index in [1.54, 1.807) is 18.9 Å². The van der Waals surface area contributed by atoms with Crippen LogP contribution in [0.4, 0.5) is 0 Å². The summed E-state index contributed by atoms with van der Waals surface area (Å²) in [6.45, 7) is 3.68. The molecule has 1 aromatic carbocycles. The van der Waals surface area contributed by atoms with Crippen molar-refractivity contribution >= 4 is 17.7 Å². The van der Waals surface area contributed by atoms with Gasteiger partial charge in [-0.3, -0.25) is 4.79 Å². The van der Waals surface area contributed by atoms with Gasteiger partial charge in [-0.05, 0) is 24.7 Å². The third-order valence-corrected chi connectivity index (χ3v) is 4.50. The van der Waals surface area contributed by atoms with Crippen molar-refractivity contribution < 1.29 is 9.53 Å². The van der Waals surface area contributed by atoms with Gasteiger partial charge in [-0.2, -0.15) is 0 Å². The molecule has 1 amide bonds. The molecule has 4 nitrogen and oxygen atoms in total. The van der Waals surface area contributed by atoms with Gasteiger partial charge in [0.15, 0.2) is 0 Å². The van der Waals surface area contributed by atoms with E-state index in [0.29, 0.717) is 5.75 Å². The second-order valence-electron chi connectivity index (χ2n) is 5.02. The summed E-state index contributed by atoms with van der Waals surface area (Å²) in [5, 5.41) is 0. The van der Waals surface area contributed by atoms with Crippen molar-refractivity contribution in [3.8, 4) is 5.75 Å². The topological polar surface area (TPSA) is 32.8 Å². The fourth-order valence-electron chi connectivity index (χ4n) is 2.13. The van der Waals surface area contributed by atoms with E-state index >= 15 is 0 Å². The number of carbonyl (C=O) groups excluding carboxylic acids is 1. The van der Waals surface area contributed by atoms with Gasteiger partial charge in [0.25, 0.3) is 0 Å². The van der Waals surface area contributed by atoms with Crippen molar-refractivity contribution in [2.24, 2.45) is 0 Å². The van der Waals surface area contributed by atoms with Crippen LogP contribution in [-0.4, -0.2) is 61.8 Å². The fraction of sp³-hybridized carbons (Fsp3) is 0.533. The molecule has 110 valence electrons. The first-order valence-electron chi connectivity index (χ1n) is 6.86. The Hall–Kier alpha value is -1.20. The van der Waals surface area contributed by atoms with Crippen LogP contribution in [0.25, 0.3) is 0 Å². The molecule has 20 heavy (non-hydrogen) atoms. The Labute approximate surface area is 125 Å². The van der Waals surface area contributed by atoms with Crippen molar-refractivity contribution in [1.29, 1.82) is 0 Å². The largest absolute Gasteiger partial charge is 0.497 e. The number of methoxy groups -OCH3 is 1. The minimum absolute atomic E-state index is 0.261. The molecule has 0 aliphatic carbocycles. The van der Waals surface area contributed by atoms with Crippen LogP contribution in [0.2, 0.25) is 0 Å². The molecule has 0 bridgehead atoms. The molecule has 0 radical (unpaired) electrons. The molecule has 0 aromatic heterocycles. The van der Waals surface area contributed by atoms with E-state index in [-0.39, 0.29) is 5.91 Å². The van der Waals surface area contributed by atoms with Gasteiger partial charge in [0, 0.05) is 31.9 Å². The SMILES string of the molecule is COc1ccc(CSCC(=O)N2CCN(C)CC2)cc1. The predicted molar refractivity (Wildman–Crippen MR) is 83.2 cm³/mol. The van der Waals surface area contributed by atoms with Crippen molar-refractivity contribution in [2.75, 3.05) is 46.1 Å². The maximum atomic E-state index is 12.1. The minimum atomic E-state index is 0.261. The van der Waals surface area contributed by atoms with E-state index in [0.717, 1.165) is 37.7 Å². The number of rotatable bonds is 5. The molecule has 1 aromatic rings. The van der Waals surface area contributed by atoms with E-state index in [4.69, 9.17) is 4.74 Å². The zero-order chi connectivity index (χ0) is 14.4. The maximum absolute atomic E-state index is 12.1. The average molecular weight is 294 g/mol. The second-order valence-corrected chi connectivity index (χ2v) is 6.01. The van der Waals surface area contributed by atoms with Gasteiger partial charge in [0.1, 0.15) is 5.75 Å². The molecular formula is C15H22N2O2S. The van der Waals surface area contributed by atoms with E-state index in [1.807, 2.05) is 29.2 Å². The highest BCUT2D eigenvalue weighted by molar-refractivity contribution is 7.99. The number of ether oxygens (including phenoxy) is 1. The maximum Gasteiger partial charge on any atom is 0.232 e. The lowest BCUT2D eigenvalue weighted by Gasteiger charge is -2.32. The number of benzene rings is 1. The van der Waals surface area contributed by atoms with Gasteiger partial charge in [-0.25, -0.2) is 0 Å². The normalized spacial score (nSPS) is 16.2. The van der Waals surface area contributed by atoms with Crippen LogP contribution >= 0.6 is 11.8 Å². The molecule has 0 saturated carbocycles. The lowest BCUT2D eigenvalue weighted by atomic mass is 10.2. The number of carbonyl (C=O) groups is 1. The van der Waals surface area contributed by atoms with Gasteiger partial charge >= 0.3 is 0 Å². The Morgan fingerprint density at radius 2 is 1.85 bits per heavy atom. The van der Waals surface area contributed by atoms with E-state index < -0.39 is 0 Å². The second kappa shape index (κ2) is 7.55. The van der Waals surface area contributed by atoms with Crippen LogP contribution in [0.15, 0.2) is 24.3 Å². The van der Waals surface area contributed by atoms with Gasteiger partial charge in [-0.15, -0.1) is 11.8 Å². The van der Waals surface area contributed by atoms with E-state index in [2.05, 4.69) is 11.9 Å². The highest BCUT2D eigenvalue weighted by Gasteiger charge is 2.18. The Bertz CT molecular complexity index is 428. The number of hydrogen-bond acceptors (Lipinski definition) is 4. The summed E-state index contributed by atoms with van der Waals surface area (Å²) in [5.41, 5.74) is 1.22. The third-order valence-electron chi connectivity index (χ3n) is 3.51. The van der Waals surface area contributed by atoms with Crippen LogP contribution in [0, 0.1) is 0 Å². The molecule has 0 unspecified atom stereocenters. The minimum Gasteiger partial charge on any atom is -0.497 e. The fourth-order valence-corrected chi connectivity index (χ4v) is 3.01. The first-order valence-corrected chi connectivity index (χ1v) is 8.01. The Kier molecular flexibility index (Phi) is 5.73. The average Bonchev–Trinajstić information content (AvgIpc) is 2.48. The molecular weight excluding hydrogens is 272 g/mol. The van der Waals surface area contributed by atoms with Crippen LogP contribution < -0.4 is 4.74 Å². The summed E-state index contributed by atoms with van der Waals surface area (Å²) in [5.74, 6) is 2.56. The summed E-state index contributed by atoms with van der Waals surface area (Å²) in [6, 6.07) is 8.01. The molecule has 0 atom stereocenters. The molecule has 0 spiro atoms. The van der Waals surface area contributed by atoms with E-state index in [9.17, 15) is 4.79 Å². The summed E-state index contributed by atoms with van der Waals surface area (Å²) >= 11 is 1.68. The van der Waals surface area contributed by atoms with Crippen molar-refractivity contribution in [1.82, 2.24) is 9.80 Å². The molecule has 1 fully saturated rings. The summed E-state index contributed by atoms with van der Waals surface area (Å²) < 4.78 is 5.13. The zero-order valence-electron chi connectivity index (χ0n) is 12.2. The molecule has 5 heteroatoms. The predicted octanol–water partition coefficient (Wildman–Crippen LogP) is 1.70. The molecule has 1 saturated heterocycles. The first kappa shape index (κ1) is 15.2. The van der Waals surface area contributed by atoms with Crippen molar-refractivity contribution in [3.05, 3.63) is 29.8 Å². The number of likely N-dealkylation sites (N-methyl/N-ethyl adjacent to an activating group) is 1. The molecule has 1 aliphatic heterocycles. The van der Waals surface area contributed by atoms with Gasteiger partial charge in [0.05, 0.1) is 12.9 Å². The molecule has 1 heterocycles. The molecule has 1 aliphatic rings. The third kappa shape index (κ3) is 4.42. The monoisotopic (exact) mass is 294 g/mol. The van der Waals surface area contributed by atoms with Crippen LogP contribution in [-0.2, 0) is 10.5 Å². The number of thioether (sulfide) groups is 1. The van der Waals surface area contributed by atoms with Crippen LogP contribution in [0.1, 0.15) is 5.56 Å². The smallest absolute Gasteiger partial charge is 0.232 e. The Morgan fingerprint density at radius 1 is 1.20 bits per heavy atom. The van der Waals surface area contributed by atoms with Crippen molar-refractivity contribution in [2.45, 2.75) is 5.75 Å². The van der Waals surface area contributed by atoms with Gasteiger partial charge < -0.3 is 14.5 Å². The van der Waals surface area contributed by atoms with Gasteiger partial charge in [-0.1, -0.05) is 12.1 Å². The van der Waals surface area contributed by atoms with Crippen molar-refractivity contribution in [3.63, 3.8) is 0 Å². The Balaban J connectivity index is 1.70. The lowest BCUT2D eigenvalue weighted by Crippen LogP contribution is -2.47. The Morgan fingerprint density at radius 3 is 2.45 bits per heavy atom. The molecule has 2 rings (SSSR count). The standard InChI is InChI=1S/C15H22N2O2S/c1-16-7-9-17(10-8-16)15(18)12-20-11-13-3-5-14(19-2)6-4-13/h3-6H,7-12H2,1-2H3. The van der Waals surface area contributed by atoms with E-state index in [1.165, 1.54) is 5.56 Å². The molecule has 0 N–H and O–H groups in total. The quantitative estimate of drug-likeness (QED) is 0.827. The lowest BCUT2D eigenvalue weighted by molar-refractivity contribution is -0.129.